The van der Waals surface area contributed by atoms with Gasteiger partial charge in [-0.15, -0.1) is 12.4 Å². The second-order valence-corrected chi connectivity index (χ2v) is 10.2. The molecule has 0 radical (unpaired) electrons. The van der Waals surface area contributed by atoms with E-state index in [1.165, 1.54) is 19.3 Å². The van der Waals surface area contributed by atoms with Crippen molar-refractivity contribution in [2.75, 3.05) is 19.6 Å². The van der Waals surface area contributed by atoms with Crippen molar-refractivity contribution in [1.29, 1.82) is 0 Å². The van der Waals surface area contributed by atoms with E-state index in [0.717, 1.165) is 66.3 Å². The number of rotatable bonds is 4. The maximum absolute atomic E-state index is 13.3. The van der Waals surface area contributed by atoms with E-state index in [2.05, 4.69) is 32.0 Å². The number of hydrogen-bond acceptors (Lipinski definition) is 5. The normalized spacial score (nSPS) is 21.9. The van der Waals surface area contributed by atoms with Gasteiger partial charge in [0.15, 0.2) is 11.5 Å². The summed E-state index contributed by atoms with van der Waals surface area (Å²) in [6, 6.07) is 8.60. The first-order chi connectivity index (χ1) is 16.7. The second-order valence-electron chi connectivity index (χ2n) is 10.2. The van der Waals surface area contributed by atoms with E-state index in [0.29, 0.717) is 23.4 Å². The highest BCUT2D eigenvalue weighted by atomic mass is 35.5. The third kappa shape index (κ3) is 3.79. The van der Waals surface area contributed by atoms with Gasteiger partial charge >= 0.3 is 0 Å². The van der Waals surface area contributed by atoms with Crippen LogP contribution in [0.3, 0.4) is 0 Å². The predicted molar refractivity (Wildman–Crippen MR) is 138 cm³/mol. The molecule has 2 aliphatic heterocycles. The first-order valence-corrected chi connectivity index (χ1v) is 12.5. The maximum Gasteiger partial charge on any atom is 0.255 e. The average molecular weight is 492 g/mol. The predicted octanol–water partition coefficient (Wildman–Crippen LogP) is 3.64. The molecule has 35 heavy (non-hydrogen) atoms. The zero-order valence-corrected chi connectivity index (χ0v) is 20.7. The number of aryl methyl sites for hydroxylation is 1. The SMILES string of the molecule is Cl.Cn1c(-c2cc3cccnc3n2CC2CC2)nc2cc(C(=O)N3CCC4CCNC4C3)cnc21. The summed E-state index contributed by atoms with van der Waals surface area (Å²) in [5.41, 5.74) is 4.23. The number of pyridine rings is 2. The number of amides is 1. The largest absolute Gasteiger partial charge is 0.337 e. The van der Waals surface area contributed by atoms with Crippen molar-refractivity contribution >= 4 is 40.5 Å². The molecule has 6 heterocycles. The van der Waals surface area contributed by atoms with Gasteiger partial charge in [-0.25, -0.2) is 15.0 Å². The average Bonchev–Trinajstić information content (AvgIpc) is 3.29. The molecule has 0 aromatic carbocycles. The Balaban J connectivity index is 0.00000229. The molecular formula is C26H30ClN7O. The molecule has 9 heteroatoms. The lowest BCUT2D eigenvalue weighted by atomic mass is 9.92. The quantitative estimate of drug-likeness (QED) is 0.471. The van der Waals surface area contributed by atoms with Crippen molar-refractivity contribution < 1.29 is 4.79 Å². The zero-order chi connectivity index (χ0) is 22.8. The van der Waals surface area contributed by atoms with Gasteiger partial charge in [-0.05, 0) is 68.3 Å². The van der Waals surface area contributed by atoms with E-state index in [1.807, 2.05) is 34.8 Å². The van der Waals surface area contributed by atoms with Gasteiger partial charge in [0.05, 0.1) is 11.3 Å². The van der Waals surface area contributed by atoms with Crippen LogP contribution in [-0.2, 0) is 13.6 Å². The maximum atomic E-state index is 13.3. The summed E-state index contributed by atoms with van der Waals surface area (Å²) >= 11 is 0. The molecule has 2 unspecified atom stereocenters. The van der Waals surface area contributed by atoms with Crippen LogP contribution in [0.4, 0.5) is 0 Å². The van der Waals surface area contributed by atoms with Crippen molar-refractivity contribution in [3.05, 3.63) is 42.2 Å². The lowest BCUT2D eigenvalue weighted by molar-refractivity contribution is 0.0669. The number of aromatic nitrogens is 5. The van der Waals surface area contributed by atoms with Crippen LogP contribution in [0.1, 0.15) is 36.0 Å². The van der Waals surface area contributed by atoms with Gasteiger partial charge in [0, 0.05) is 50.5 Å². The first-order valence-electron chi connectivity index (χ1n) is 12.5. The van der Waals surface area contributed by atoms with Gasteiger partial charge in [-0.2, -0.15) is 0 Å². The Kier molecular flexibility index (Phi) is 5.53. The highest BCUT2D eigenvalue weighted by molar-refractivity contribution is 5.97. The lowest BCUT2D eigenvalue weighted by Gasteiger charge is -2.34. The van der Waals surface area contributed by atoms with Gasteiger partial charge in [-0.1, -0.05) is 0 Å². The van der Waals surface area contributed by atoms with Crippen molar-refractivity contribution in [3.8, 4) is 11.5 Å². The van der Waals surface area contributed by atoms with Crippen LogP contribution in [0.25, 0.3) is 33.7 Å². The Labute approximate surface area is 210 Å². The molecule has 7 rings (SSSR count). The van der Waals surface area contributed by atoms with Crippen LogP contribution in [0.5, 0.6) is 0 Å². The monoisotopic (exact) mass is 491 g/mol. The van der Waals surface area contributed by atoms with E-state index in [1.54, 1.807) is 6.20 Å². The smallest absolute Gasteiger partial charge is 0.255 e. The van der Waals surface area contributed by atoms with Gasteiger partial charge in [0.1, 0.15) is 11.2 Å². The fraction of sp³-hybridized carbons (Fsp3) is 0.462. The molecule has 3 aliphatic rings. The first kappa shape index (κ1) is 22.5. The van der Waals surface area contributed by atoms with Crippen LogP contribution < -0.4 is 5.32 Å². The highest BCUT2D eigenvalue weighted by Crippen LogP contribution is 2.36. The van der Waals surface area contributed by atoms with E-state index in [9.17, 15) is 4.79 Å². The molecule has 4 aromatic rings. The van der Waals surface area contributed by atoms with E-state index < -0.39 is 0 Å². The molecule has 8 nitrogen and oxygen atoms in total. The van der Waals surface area contributed by atoms with Crippen LogP contribution in [0.2, 0.25) is 0 Å². The third-order valence-electron chi connectivity index (χ3n) is 7.94. The summed E-state index contributed by atoms with van der Waals surface area (Å²) in [6.45, 7) is 3.63. The second kappa shape index (κ2) is 8.60. The molecule has 3 fully saturated rings. The minimum Gasteiger partial charge on any atom is -0.337 e. The Morgan fingerprint density at radius 1 is 1.14 bits per heavy atom. The summed E-state index contributed by atoms with van der Waals surface area (Å²) < 4.78 is 4.34. The highest BCUT2D eigenvalue weighted by Gasteiger charge is 2.35. The molecule has 4 aromatic heterocycles. The molecule has 2 saturated heterocycles. The molecule has 2 atom stereocenters. The molecule has 1 amide bonds. The van der Waals surface area contributed by atoms with Crippen LogP contribution in [0, 0.1) is 11.8 Å². The summed E-state index contributed by atoms with van der Waals surface area (Å²) in [4.78, 5) is 29.6. The van der Waals surface area contributed by atoms with Gasteiger partial charge in [0.25, 0.3) is 5.91 Å². The summed E-state index contributed by atoms with van der Waals surface area (Å²) in [6.07, 6.45) is 8.42. The van der Waals surface area contributed by atoms with E-state index in [4.69, 9.17) is 4.98 Å². The van der Waals surface area contributed by atoms with Gasteiger partial charge in [0.2, 0.25) is 0 Å². The topological polar surface area (TPSA) is 80.9 Å². The third-order valence-corrected chi connectivity index (χ3v) is 7.94. The number of imidazole rings is 1. The zero-order valence-electron chi connectivity index (χ0n) is 19.9. The van der Waals surface area contributed by atoms with Crippen molar-refractivity contribution in [1.82, 2.24) is 34.3 Å². The molecule has 0 spiro atoms. The number of nitrogens with zero attached hydrogens (tertiary/aromatic N) is 6. The molecule has 1 aliphatic carbocycles. The molecular weight excluding hydrogens is 462 g/mol. The molecule has 182 valence electrons. The fourth-order valence-electron chi connectivity index (χ4n) is 5.84. The number of halogens is 1. The van der Waals surface area contributed by atoms with E-state index >= 15 is 0 Å². The minimum atomic E-state index is 0. The van der Waals surface area contributed by atoms with E-state index in [-0.39, 0.29) is 18.3 Å². The van der Waals surface area contributed by atoms with Crippen LogP contribution >= 0.6 is 12.4 Å². The minimum absolute atomic E-state index is 0. The molecule has 1 N–H and O–H groups in total. The summed E-state index contributed by atoms with van der Waals surface area (Å²) in [7, 11) is 2.00. The van der Waals surface area contributed by atoms with Crippen molar-refractivity contribution in [2.24, 2.45) is 18.9 Å². The number of piperidine rings is 1. The number of carbonyl (C=O) groups excluding carboxylic acids is 1. The van der Waals surface area contributed by atoms with Gasteiger partial charge < -0.3 is 19.4 Å². The number of likely N-dealkylation sites (tertiary alicyclic amines) is 1. The number of hydrogen-bond donors (Lipinski definition) is 1. The molecule has 1 saturated carbocycles. The summed E-state index contributed by atoms with van der Waals surface area (Å²) in [5, 5.41) is 4.68. The standard InChI is InChI=1S/C26H29N7O.ClH/c1-31-24-20(11-19(13-29-24)26(34)32-10-7-17-6-9-27-21(17)15-32)30-25(31)22-12-18-3-2-8-28-23(18)33(22)14-16-4-5-16;/h2-3,8,11-13,16-17,21,27H,4-7,9-10,14-15H2,1H3;1H. The number of fused-ring (bicyclic) bond motifs is 3. The Morgan fingerprint density at radius 2 is 2.03 bits per heavy atom. The van der Waals surface area contributed by atoms with Crippen molar-refractivity contribution in [3.63, 3.8) is 0 Å². The number of carbonyl (C=O) groups is 1. The van der Waals surface area contributed by atoms with Gasteiger partial charge in [-0.3, -0.25) is 4.79 Å². The fourth-order valence-corrected chi connectivity index (χ4v) is 5.84. The Morgan fingerprint density at radius 3 is 2.89 bits per heavy atom. The Bertz CT molecular complexity index is 1420. The summed E-state index contributed by atoms with van der Waals surface area (Å²) in [5.74, 6) is 2.34. The van der Waals surface area contributed by atoms with Crippen LogP contribution in [0.15, 0.2) is 36.7 Å². The van der Waals surface area contributed by atoms with Crippen molar-refractivity contribution in [2.45, 2.75) is 38.3 Å². The molecule has 0 bridgehead atoms. The number of nitrogens with one attached hydrogen (secondary N) is 1. The lowest BCUT2D eigenvalue weighted by Crippen LogP contribution is -2.48. The Hall–Kier alpha value is -2.97. The van der Waals surface area contributed by atoms with Crippen LogP contribution in [-0.4, -0.2) is 60.6 Å².